The zero-order valence-electron chi connectivity index (χ0n) is 18.5. The predicted molar refractivity (Wildman–Crippen MR) is 124 cm³/mol. The van der Waals surface area contributed by atoms with E-state index in [0.717, 1.165) is 39.6 Å². The van der Waals surface area contributed by atoms with Gasteiger partial charge in [-0.05, 0) is 92.6 Å². The average molecular weight is 418 g/mol. The minimum absolute atomic E-state index is 0.448. The molecule has 0 aliphatic rings. The van der Waals surface area contributed by atoms with Crippen LogP contribution in [-0.4, -0.2) is 20.1 Å². The molecule has 0 aromatic heterocycles. The summed E-state index contributed by atoms with van der Waals surface area (Å²) < 4.78 is 22.4. The minimum Gasteiger partial charge on any atom is -0.497 e. The van der Waals surface area contributed by atoms with Gasteiger partial charge in [-0.2, -0.15) is 0 Å². The number of aryl methyl sites for hydroxylation is 2. The van der Waals surface area contributed by atoms with Crippen molar-refractivity contribution >= 4 is 11.6 Å². The number of aliphatic imine (C=N–C) groups is 1. The van der Waals surface area contributed by atoms with E-state index >= 15 is 0 Å². The van der Waals surface area contributed by atoms with Gasteiger partial charge in [-0.3, -0.25) is 0 Å². The SMILES string of the molecule is COc1ccc(N=C(Oc2cc(C)cc(C)c2)C(C)=COc2ccc(OC)cc2)cc1. The van der Waals surface area contributed by atoms with E-state index < -0.39 is 0 Å². The molecule has 0 bridgehead atoms. The van der Waals surface area contributed by atoms with Crippen molar-refractivity contribution in [2.24, 2.45) is 4.99 Å². The molecule has 3 rings (SSSR count). The van der Waals surface area contributed by atoms with Crippen molar-refractivity contribution in [3.8, 4) is 23.0 Å². The summed E-state index contributed by atoms with van der Waals surface area (Å²) in [5, 5.41) is 0. The Morgan fingerprint density at radius 2 is 1.23 bits per heavy atom. The fourth-order valence-corrected chi connectivity index (χ4v) is 2.93. The molecule has 5 nitrogen and oxygen atoms in total. The number of ether oxygens (including phenoxy) is 4. The van der Waals surface area contributed by atoms with Gasteiger partial charge >= 0.3 is 0 Å². The van der Waals surface area contributed by atoms with E-state index in [1.54, 1.807) is 20.5 Å². The van der Waals surface area contributed by atoms with Crippen LogP contribution < -0.4 is 18.9 Å². The highest BCUT2D eigenvalue weighted by molar-refractivity contribution is 5.96. The van der Waals surface area contributed by atoms with E-state index in [0.29, 0.717) is 11.6 Å². The highest BCUT2D eigenvalue weighted by Crippen LogP contribution is 2.23. The Morgan fingerprint density at radius 1 is 0.710 bits per heavy atom. The summed E-state index contributed by atoms with van der Waals surface area (Å²) >= 11 is 0. The first-order chi connectivity index (χ1) is 15.0. The quantitative estimate of drug-likeness (QED) is 0.253. The van der Waals surface area contributed by atoms with Gasteiger partial charge in [0.1, 0.15) is 23.0 Å². The van der Waals surface area contributed by atoms with E-state index in [4.69, 9.17) is 23.9 Å². The molecule has 0 saturated carbocycles. The Hall–Kier alpha value is -3.73. The smallest absolute Gasteiger partial charge is 0.225 e. The number of rotatable bonds is 7. The van der Waals surface area contributed by atoms with Crippen LogP contribution in [0.1, 0.15) is 18.1 Å². The molecule has 0 N–H and O–H groups in total. The van der Waals surface area contributed by atoms with Gasteiger partial charge in [0.05, 0.1) is 26.2 Å². The second kappa shape index (κ2) is 10.3. The zero-order chi connectivity index (χ0) is 22.2. The molecule has 0 unspecified atom stereocenters. The van der Waals surface area contributed by atoms with Crippen molar-refractivity contribution in [3.63, 3.8) is 0 Å². The number of hydrogen-bond donors (Lipinski definition) is 0. The zero-order valence-corrected chi connectivity index (χ0v) is 18.5. The van der Waals surface area contributed by atoms with Crippen LogP contribution >= 0.6 is 0 Å². The Kier molecular flexibility index (Phi) is 7.33. The lowest BCUT2D eigenvalue weighted by Gasteiger charge is -2.12. The van der Waals surface area contributed by atoms with Crippen LogP contribution in [0.2, 0.25) is 0 Å². The molecule has 0 radical (unpaired) electrons. The Balaban J connectivity index is 1.89. The monoisotopic (exact) mass is 417 g/mol. The number of methoxy groups -OCH3 is 2. The molecule has 0 aliphatic heterocycles. The number of nitrogens with zero attached hydrogens (tertiary/aromatic N) is 1. The summed E-state index contributed by atoms with van der Waals surface area (Å²) in [6, 6.07) is 20.9. The third-order valence-corrected chi connectivity index (χ3v) is 4.48. The molecule has 3 aromatic rings. The third-order valence-electron chi connectivity index (χ3n) is 4.48. The summed E-state index contributed by atoms with van der Waals surface area (Å²) in [7, 11) is 3.27. The molecule has 3 aromatic carbocycles. The summed E-state index contributed by atoms with van der Waals surface area (Å²) in [5.74, 6) is 3.40. The van der Waals surface area contributed by atoms with E-state index in [9.17, 15) is 0 Å². The van der Waals surface area contributed by atoms with Gasteiger partial charge < -0.3 is 18.9 Å². The second-order valence-corrected chi connectivity index (χ2v) is 7.13. The van der Waals surface area contributed by atoms with Crippen LogP contribution in [-0.2, 0) is 0 Å². The fraction of sp³-hybridized carbons (Fsp3) is 0.192. The molecular weight excluding hydrogens is 390 g/mol. The maximum atomic E-state index is 6.17. The van der Waals surface area contributed by atoms with Crippen LogP contribution in [0.15, 0.2) is 83.6 Å². The summed E-state index contributed by atoms with van der Waals surface area (Å²) in [4.78, 5) is 4.70. The highest BCUT2D eigenvalue weighted by atomic mass is 16.5. The third kappa shape index (κ3) is 6.37. The van der Waals surface area contributed by atoms with Gasteiger partial charge in [-0.1, -0.05) is 6.07 Å². The Morgan fingerprint density at radius 3 is 1.77 bits per heavy atom. The van der Waals surface area contributed by atoms with E-state index in [2.05, 4.69) is 6.07 Å². The predicted octanol–water partition coefficient (Wildman–Crippen LogP) is 6.41. The molecule has 0 spiro atoms. The van der Waals surface area contributed by atoms with Crippen molar-refractivity contribution in [2.45, 2.75) is 20.8 Å². The maximum Gasteiger partial charge on any atom is 0.225 e. The standard InChI is InChI=1S/C26H27NO4/c1-18-14-19(2)16-25(15-18)31-26(27-21-6-8-22(28-4)9-7-21)20(3)17-30-24-12-10-23(29-5)11-13-24/h6-17H,1-5H3. The topological polar surface area (TPSA) is 49.3 Å². The molecule has 0 atom stereocenters. The van der Waals surface area contributed by atoms with Gasteiger partial charge in [0.25, 0.3) is 0 Å². The van der Waals surface area contributed by atoms with Crippen LogP contribution in [0, 0.1) is 13.8 Å². The first-order valence-corrected chi connectivity index (χ1v) is 9.93. The molecule has 31 heavy (non-hydrogen) atoms. The van der Waals surface area contributed by atoms with Gasteiger partial charge in [-0.25, -0.2) is 4.99 Å². The normalized spacial score (nSPS) is 11.8. The molecular formula is C26H27NO4. The van der Waals surface area contributed by atoms with Crippen LogP contribution in [0.25, 0.3) is 0 Å². The van der Waals surface area contributed by atoms with Crippen molar-refractivity contribution in [1.29, 1.82) is 0 Å². The number of hydrogen-bond acceptors (Lipinski definition) is 5. The van der Waals surface area contributed by atoms with E-state index in [1.165, 1.54) is 0 Å². The summed E-state index contributed by atoms with van der Waals surface area (Å²) in [6.07, 6.45) is 1.63. The highest BCUT2D eigenvalue weighted by Gasteiger charge is 2.09. The molecule has 0 saturated heterocycles. The lowest BCUT2D eigenvalue weighted by molar-refractivity contribution is 0.412. The summed E-state index contributed by atoms with van der Waals surface area (Å²) in [6.45, 7) is 5.97. The van der Waals surface area contributed by atoms with Crippen molar-refractivity contribution in [2.75, 3.05) is 14.2 Å². The van der Waals surface area contributed by atoms with Crippen LogP contribution in [0.4, 0.5) is 5.69 Å². The average Bonchev–Trinajstić information content (AvgIpc) is 2.77. The lowest BCUT2D eigenvalue weighted by atomic mass is 10.1. The van der Waals surface area contributed by atoms with Gasteiger partial charge in [-0.15, -0.1) is 0 Å². The van der Waals surface area contributed by atoms with E-state index in [-0.39, 0.29) is 0 Å². The van der Waals surface area contributed by atoms with Crippen molar-refractivity contribution < 1.29 is 18.9 Å². The minimum atomic E-state index is 0.448. The lowest BCUT2D eigenvalue weighted by Crippen LogP contribution is -2.11. The first-order valence-electron chi connectivity index (χ1n) is 9.93. The van der Waals surface area contributed by atoms with E-state index in [1.807, 2.05) is 81.4 Å². The molecule has 0 amide bonds. The van der Waals surface area contributed by atoms with Gasteiger partial charge in [0.2, 0.25) is 5.90 Å². The van der Waals surface area contributed by atoms with Crippen LogP contribution in [0.3, 0.4) is 0 Å². The summed E-state index contributed by atoms with van der Waals surface area (Å²) in [5.41, 5.74) is 3.73. The molecule has 0 aliphatic carbocycles. The first kappa shape index (κ1) is 22.0. The largest absolute Gasteiger partial charge is 0.497 e. The molecule has 5 heteroatoms. The van der Waals surface area contributed by atoms with Crippen molar-refractivity contribution in [1.82, 2.24) is 0 Å². The van der Waals surface area contributed by atoms with Gasteiger partial charge in [0, 0.05) is 5.57 Å². The maximum absolute atomic E-state index is 6.17. The fourth-order valence-electron chi connectivity index (χ4n) is 2.93. The molecule has 160 valence electrons. The molecule has 0 heterocycles. The van der Waals surface area contributed by atoms with Crippen LogP contribution in [0.5, 0.6) is 23.0 Å². The second-order valence-electron chi connectivity index (χ2n) is 7.13. The Labute approximate surface area is 183 Å². The molecule has 0 fully saturated rings. The number of benzene rings is 3. The Bertz CT molecular complexity index is 1050. The van der Waals surface area contributed by atoms with Gasteiger partial charge in [0.15, 0.2) is 0 Å². The van der Waals surface area contributed by atoms with Crippen molar-refractivity contribution in [3.05, 3.63) is 89.7 Å².